The molecule has 2 aromatic heterocycles. The number of phenolic OH excluding ortho intramolecular Hbond substituents is 2. The fraction of sp³-hybridized carbons (Fsp3) is 0. The van der Waals surface area contributed by atoms with E-state index in [1.54, 1.807) is 48.8 Å². The van der Waals surface area contributed by atoms with Crippen molar-refractivity contribution in [2.45, 2.75) is 0 Å². The molecule has 0 aliphatic carbocycles. The van der Waals surface area contributed by atoms with Gasteiger partial charge in [0, 0.05) is 44.2 Å². The standard InChI is InChI=1S/C22H14N4O2.Pt/c27-17-7-3-1-5-15(17)21-23-11-13-9-10-14-12-24-22(26-20(14)19(13)25-21)16-6-2-4-8-18(16)28;/h1-12,27-28H;. The Bertz CT molecular complexity index is 1250. The summed E-state index contributed by atoms with van der Waals surface area (Å²) < 4.78 is 0. The zero-order valence-corrected chi connectivity index (χ0v) is 17.2. The van der Waals surface area contributed by atoms with Gasteiger partial charge in [-0.2, -0.15) is 0 Å². The summed E-state index contributed by atoms with van der Waals surface area (Å²) in [6, 6.07) is 17.7. The number of phenols is 2. The van der Waals surface area contributed by atoms with Crippen LogP contribution in [0.1, 0.15) is 0 Å². The van der Waals surface area contributed by atoms with Crippen molar-refractivity contribution in [3.05, 3.63) is 73.1 Å². The summed E-state index contributed by atoms with van der Waals surface area (Å²) in [6.07, 6.45) is 3.43. The Kier molecular flexibility index (Phi) is 4.95. The van der Waals surface area contributed by atoms with Crippen LogP contribution in [0.4, 0.5) is 0 Å². The van der Waals surface area contributed by atoms with Gasteiger partial charge < -0.3 is 10.2 Å². The number of hydrogen-bond acceptors (Lipinski definition) is 6. The van der Waals surface area contributed by atoms with E-state index in [1.807, 2.05) is 24.3 Å². The van der Waals surface area contributed by atoms with E-state index in [9.17, 15) is 10.2 Å². The van der Waals surface area contributed by atoms with Gasteiger partial charge in [-0.25, -0.2) is 19.9 Å². The molecule has 7 heteroatoms. The van der Waals surface area contributed by atoms with Crippen molar-refractivity contribution < 1.29 is 31.3 Å². The second-order valence-electron chi connectivity index (χ2n) is 6.36. The Labute approximate surface area is 180 Å². The van der Waals surface area contributed by atoms with E-state index in [4.69, 9.17) is 0 Å². The van der Waals surface area contributed by atoms with Gasteiger partial charge in [-0.1, -0.05) is 36.4 Å². The molecule has 0 saturated heterocycles. The average Bonchev–Trinajstić information content (AvgIpc) is 2.74. The third kappa shape index (κ3) is 3.32. The number of aromatic hydroxyl groups is 2. The minimum atomic E-state index is 0. The Balaban J connectivity index is 0.00000205. The Hall–Kier alpha value is -3.37. The molecule has 0 radical (unpaired) electrons. The van der Waals surface area contributed by atoms with Crippen LogP contribution in [0.2, 0.25) is 0 Å². The van der Waals surface area contributed by atoms with Gasteiger partial charge in [-0.15, -0.1) is 0 Å². The quantitative estimate of drug-likeness (QED) is 0.312. The zero-order valence-electron chi connectivity index (χ0n) is 14.9. The van der Waals surface area contributed by atoms with Gasteiger partial charge in [0.15, 0.2) is 11.6 Å². The van der Waals surface area contributed by atoms with Gasteiger partial charge >= 0.3 is 0 Å². The van der Waals surface area contributed by atoms with Crippen molar-refractivity contribution in [3.8, 4) is 34.3 Å². The van der Waals surface area contributed by atoms with Gasteiger partial charge in [0.2, 0.25) is 0 Å². The van der Waals surface area contributed by atoms with Crippen LogP contribution in [0.25, 0.3) is 44.6 Å². The molecule has 0 bridgehead atoms. The fourth-order valence-corrected chi connectivity index (χ4v) is 3.17. The molecule has 5 rings (SSSR count). The topological polar surface area (TPSA) is 92.0 Å². The summed E-state index contributed by atoms with van der Waals surface area (Å²) in [5.41, 5.74) is 2.42. The minimum absolute atomic E-state index is 0. The van der Waals surface area contributed by atoms with Gasteiger partial charge in [0.25, 0.3) is 0 Å². The average molecular weight is 561 g/mol. The third-order valence-electron chi connectivity index (χ3n) is 4.59. The molecule has 6 nitrogen and oxygen atoms in total. The van der Waals surface area contributed by atoms with Crippen molar-refractivity contribution >= 4 is 21.8 Å². The van der Waals surface area contributed by atoms with Gasteiger partial charge in [0.1, 0.15) is 22.5 Å². The number of aromatic nitrogens is 4. The number of para-hydroxylation sites is 2. The number of benzene rings is 3. The van der Waals surface area contributed by atoms with E-state index in [1.165, 1.54) is 0 Å². The molecular formula is C22H14N4O2Pt. The molecule has 0 aliphatic rings. The normalized spacial score (nSPS) is 10.8. The summed E-state index contributed by atoms with van der Waals surface area (Å²) in [5.74, 6) is 1.07. The van der Waals surface area contributed by atoms with E-state index in [0.717, 1.165) is 10.8 Å². The maximum Gasteiger partial charge on any atom is 0.163 e. The van der Waals surface area contributed by atoms with E-state index in [-0.39, 0.29) is 32.6 Å². The molecular weight excluding hydrogens is 547 g/mol. The first-order chi connectivity index (χ1) is 13.7. The molecule has 0 spiro atoms. The molecule has 5 aromatic rings. The van der Waals surface area contributed by atoms with Crippen molar-refractivity contribution in [2.24, 2.45) is 0 Å². The number of hydrogen-bond donors (Lipinski definition) is 2. The summed E-state index contributed by atoms with van der Waals surface area (Å²) in [4.78, 5) is 18.1. The SMILES string of the molecule is Oc1ccccc1-c1ncc2ccc3cnc(-c4ccccc4O)nc3c2n1.[Pt]. The van der Waals surface area contributed by atoms with Crippen LogP contribution in [0, 0.1) is 0 Å². The second kappa shape index (κ2) is 7.57. The molecule has 0 amide bonds. The molecule has 144 valence electrons. The number of rotatable bonds is 2. The molecule has 2 N–H and O–H groups in total. The van der Waals surface area contributed by atoms with Crippen molar-refractivity contribution in [3.63, 3.8) is 0 Å². The first-order valence-electron chi connectivity index (χ1n) is 8.70. The summed E-state index contributed by atoms with van der Waals surface area (Å²) >= 11 is 0. The molecule has 0 saturated carbocycles. The molecule has 3 aromatic carbocycles. The smallest absolute Gasteiger partial charge is 0.163 e. The Morgan fingerprint density at radius 2 is 0.966 bits per heavy atom. The van der Waals surface area contributed by atoms with E-state index < -0.39 is 0 Å². The van der Waals surface area contributed by atoms with Crippen molar-refractivity contribution in [1.29, 1.82) is 0 Å². The summed E-state index contributed by atoms with van der Waals surface area (Å²) in [7, 11) is 0. The van der Waals surface area contributed by atoms with Gasteiger partial charge in [-0.05, 0) is 24.3 Å². The minimum Gasteiger partial charge on any atom is -0.507 e. The van der Waals surface area contributed by atoms with Gasteiger partial charge in [-0.3, -0.25) is 0 Å². The maximum atomic E-state index is 10.1. The first-order valence-corrected chi connectivity index (χ1v) is 8.70. The zero-order chi connectivity index (χ0) is 19.1. The van der Waals surface area contributed by atoms with Crippen LogP contribution in [-0.2, 0) is 21.1 Å². The molecule has 0 aliphatic heterocycles. The monoisotopic (exact) mass is 561 g/mol. The third-order valence-corrected chi connectivity index (χ3v) is 4.59. The maximum absolute atomic E-state index is 10.1. The van der Waals surface area contributed by atoms with Crippen LogP contribution >= 0.6 is 0 Å². The van der Waals surface area contributed by atoms with Crippen LogP contribution in [0.3, 0.4) is 0 Å². The van der Waals surface area contributed by atoms with E-state index >= 15 is 0 Å². The van der Waals surface area contributed by atoms with Crippen LogP contribution in [0.5, 0.6) is 11.5 Å². The summed E-state index contributed by atoms with van der Waals surface area (Å²) in [5, 5.41) is 21.9. The van der Waals surface area contributed by atoms with Gasteiger partial charge in [0.05, 0.1) is 11.1 Å². The van der Waals surface area contributed by atoms with Crippen LogP contribution in [-0.4, -0.2) is 30.1 Å². The number of fused-ring (bicyclic) bond motifs is 3. The van der Waals surface area contributed by atoms with Crippen LogP contribution in [0.15, 0.2) is 73.1 Å². The predicted molar refractivity (Wildman–Crippen MR) is 107 cm³/mol. The summed E-state index contributed by atoms with van der Waals surface area (Å²) in [6.45, 7) is 0. The molecule has 0 fully saturated rings. The van der Waals surface area contributed by atoms with Crippen molar-refractivity contribution in [2.75, 3.05) is 0 Å². The van der Waals surface area contributed by atoms with Crippen LogP contribution < -0.4 is 0 Å². The largest absolute Gasteiger partial charge is 0.507 e. The number of nitrogens with zero attached hydrogens (tertiary/aromatic N) is 4. The van der Waals surface area contributed by atoms with E-state index in [2.05, 4.69) is 19.9 Å². The molecule has 2 heterocycles. The van der Waals surface area contributed by atoms with E-state index in [0.29, 0.717) is 33.8 Å². The molecule has 0 unspecified atom stereocenters. The Morgan fingerprint density at radius 3 is 1.38 bits per heavy atom. The second-order valence-corrected chi connectivity index (χ2v) is 6.36. The fourth-order valence-electron chi connectivity index (χ4n) is 3.17. The molecule has 0 atom stereocenters. The Morgan fingerprint density at radius 1 is 0.552 bits per heavy atom. The van der Waals surface area contributed by atoms with Crippen molar-refractivity contribution in [1.82, 2.24) is 19.9 Å². The first kappa shape index (κ1) is 19.0. The predicted octanol–water partition coefficient (Wildman–Crippen LogP) is 4.32. The molecule has 29 heavy (non-hydrogen) atoms.